The molecule has 1 N–H and O–H groups in total. The number of benzene rings is 1. The number of rotatable bonds is 6. The van der Waals surface area contributed by atoms with Crippen molar-refractivity contribution >= 4 is 17.6 Å². The van der Waals surface area contributed by atoms with Crippen molar-refractivity contribution in [3.8, 4) is 5.75 Å². The van der Waals surface area contributed by atoms with Gasteiger partial charge in [0.15, 0.2) is 0 Å². The zero-order chi connectivity index (χ0) is 16.5. The van der Waals surface area contributed by atoms with Gasteiger partial charge in [-0.1, -0.05) is 6.07 Å². The van der Waals surface area contributed by atoms with Crippen molar-refractivity contribution in [2.75, 3.05) is 21.3 Å². The van der Waals surface area contributed by atoms with Gasteiger partial charge in [-0.3, -0.25) is 4.79 Å². The molecule has 0 fully saturated rings. The van der Waals surface area contributed by atoms with Gasteiger partial charge < -0.3 is 19.3 Å². The number of hydrogen-bond donors (Lipinski definition) is 1. The van der Waals surface area contributed by atoms with Gasteiger partial charge in [-0.25, -0.2) is 4.79 Å². The highest BCUT2D eigenvalue weighted by molar-refractivity contribution is 5.89. The number of aliphatic hydroxyl groups excluding tert-OH is 1. The number of carbonyl (C=O) groups is 2. The first kappa shape index (κ1) is 17.2. The van der Waals surface area contributed by atoms with Crippen molar-refractivity contribution in [1.82, 2.24) is 0 Å². The van der Waals surface area contributed by atoms with E-state index in [2.05, 4.69) is 19.7 Å². The lowest BCUT2D eigenvalue weighted by molar-refractivity contribution is -0.140. The summed E-state index contributed by atoms with van der Waals surface area (Å²) in [5.41, 5.74) is -0.0812. The van der Waals surface area contributed by atoms with Crippen LogP contribution in [0.1, 0.15) is 6.42 Å². The van der Waals surface area contributed by atoms with Crippen molar-refractivity contribution in [3.63, 3.8) is 0 Å². The summed E-state index contributed by atoms with van der Waals surface area (Å²) < 4.78 is 13.9. The molecule has 8 heteroatoms. The fraction of sp³-hybridized carbons (Fsp3) is 0.286. The summed E-state index contributed by atoms with van der Waals surface area (Å²) in [6.45, 7) is 0. The van der Waals surface area contributed by atoms with Crippen LogP contribution in [0.2, 0.25) is 0 Å². The van der Waals surface area contributed by atoms with Crippen LogP contribution in [0.4, 0.5) is 5.69 Å². The molecule has 0 saturated heterocycles. The summed E-state index contributed by atoms with van der Waals surface area (Å²) in [5.74, 6) is -1.69. The number of azo groups is 1. The summed E-state index contributed by atoms with van der Waals surface area (Å²) in [7, 11) is 3.78. The minimum absolute atomic E-state index is 0.395. The molecule has 0 heterocycles. The third kappa shape index (κ3) is 4.89. The van der Waals surface area contributed by atoms with Crippen LogP contribution in [0.5, 0.6) is 5.75 Å². The Morgan fingerprint density at radius 2 is 1.91 bits per heavy atom. The maximum absolute atomic E-state index is 11.6. The van der Waals surface area contributed by atoms with Gasteiger partial charge in [0.1, 0.15) is 17.9 Å². The molecule has 0 spiro atoms. The number of carbonyl (C=O) groups excluding carboxylic acids is 2. The lowest BCUT2D eigenvalue weighted by Gasteiger charge is -2.04. The summed E-state index contributed by atoms with van der Waals surface area (Å²) >= 11 is 0. The standard InChI is InChI=1S/C14H16N2O6/c1-20-10-6-4-5-9(7-10)15-16-13(14(19)22-3)11(17)8-12(18)21-2/h4-7,17H,8H2,1-3H3/b13-11+,16-15?. The topological polar surface area (TPSA) is 107 Å². The molecule has 1 aromatic rings. The van der Waals surface area contributed by atoms with Gasteiger partial charge in [0.2, 0.25) is 5.70 Å². The number of aliphatic hydroxyl groups is 1. The molecule has 0 radical (unpaired) electrons. The van der Waals surface area contributed by atoms with Crippen molar-refractivity contribution in [2.45, 2.75) is 6.42 Å². The number of hydrogen-bond acceptors (Lipinski definition) is 8. The Morgan fingerprint density at radius 3 is 2.50 bits per heavy atom. The second-order valence-electron chi connectivity index (χ2n) is 3.94. The maximum Gasteiger partial charge on any atom is 0.362 e. The highest BCUT2D eigenvalue weighted by atomic mass is 16.5. The van der Waals surface area contributed by atoms with Gasteiger partial charge in [0.25, 0.3) is 0 Å². The Labute approximate surface area is 127 Å². The third-order valence-electron chi connectivity index (χ3n) is 2.51. The molecule has 0 unspecified atom stereocenters. The Balaban J connectivity index is 3.07. The van der Waals surface area contributed by atoms with E-state index in [9.17, 15) is 14.7 Å². The predicted molar refractivity (Wildman–Crippen MR) is 75.8 cm³/mol. The summed E-state index contributed by atoms with van der Waals surface area (Å²) in [4.78, 5) is 22.7. The van der Waals surface area contributed by atoms with E-state index in [0.29, 0.717) is 11.4 Å². The summed E-state index contributed by atoms with van der Waals surface area (Å²) in [6.07, 6.45) is -0.516. The van der Waals surface area contributed by atoms with Crippen LogP contribution in [0, 0.1) is 0 Å². The smallest absolute Gasteiger partial charge is 0.362 e. The largest absolute Gasteiger partial charge is 0.509 e. The van der Waals surface area contributed by atoms with Gasteiger partial charge in [-0.05, 0) is 12.1 Å². The van der Waals surface area contributed by atoms with E-state index in [1.807, 2.05) is 0 Å². The maximum atomic E-state index is 11.6. The monoisotopic (exact) mass is 308 g/mol. The van der Waals surface area contributed by atoms with Crippen LogP contribution >= 0.6 is 0 Å². The number of esters is 2. The van der Waals surface area contributed by atoms with Crippen molar-refractivity contribution in [1.29, 1.82) is 0 Å². The van der Waals surface area contributed by atoms with Crippen LogP contribution in [-0.4, -0.2) is 38.4 Å². The first-order valence-corrected chi connectivity index (χ1v) is 6.14. The van der Waals surface area contributed by atoms with Crippen LogP contribution in [0.15, 0.2) is 46.0 Å². The molecule has 1 rings (SSSR count). The van der Waals surface area contributed by atoms with E-state index in [1.165, 1.54) is 7.11 Å². The fourth-order valence-electron chi connectivity index (χ4n) is 1.39. The highest BCUT2D eigenvalue weighted by Crippen LogP contribution is 2.21. The van der Waals surface area contributed by atoms with Gasteiger partial charge in [-0.15, -0.1) is 5.11 Å². The first-order valence-electron chi connectivity index (χ1n) is 6.14. The van der Waals surface area contributed by atoms with Gasteiger partial charge in [0.05, 0.1) is 27.0 Å². The molecule has 118 valence electrons. The molecule has 8 nitrogen and oxygen atoms in total. The predicted octanol–water partition coefficient (Wildman–Crippen LogP) is 2.28. The third-order valence-corrected chi connectivity index (χ3v) is 2.51. The number of methoxy groups -OCH3 is 3. The van der Waals surface area contributed by atoms with Gasteiger partial charge in [0, 0.05) is 6.07 Å². The quantitative estimate of drug-likeness (QED) is 0.374. The lowest BCUT2D eigenvalue weighted by atomic mass is 10.3. The highest BCUT2D eigenvalue weighted by Gasteiger charge is 2.18. The van der Waals surface area contributed by atoms with E-state index < -0.39 is 29.8 Å². The van der Waals surface area contributed by atoms with E-state index >= 15 is 0 Å². The average Bonchev–Trinajstić information content (AvgIpc) is 2.54. The molecule has 0 amide bonds. The molecule has 0 aromatic heterocycles. The molecule has 1 aromatic carbocycles. The molecular formula is C14H16N2O6. The zero-order valence-electron chi connectivity index (χ0n) is 12.4. The molecule has 0 aliphatic heterocycles. The van der Waals surface area contributed by atoms with E-state index in [0.717, 1.165) is 14.2 Å². The Bertz CT molecular complexity index is 609. The van der Waals surface area contributed by atoms with Crippen molar-refractivity contribution in [2.24, 2.45) is 10.2 Å². The molecule has 0 aliphatic carbocycles. The van der Waals surface area contributed by atoms with Gasteiger partial charge in [-0.2, -0.15) is 5.11 Å². The number of ether oxygens (including phenoxy) is 3. The summed E-state index contributed by atoms with van der Waals surface area (Å²) in [5, 5.41) is 17.2. The van der Waals surface area contributed by atoms with E-state index in [1.54, 1.807) is 24.3 Å². The molecule has 0 bridgehead atoms. The summed E-state index contributed by atoms with van der Waals surface area (Å²) in [6, 6.07) is 6.60. The Hall–Kier alpha value is -2.90. The normalized spacial score (nSPS) is 11.8. The second-order valence-corrected chi connectivity index (χ2v) is 3.94. The molecule has 0 atom stereocenters. The van der Waals surface area contributed by atoms with Crippen LogP contribution in [0.3, 0.4) is 0 Å². The van der Waals surface area contributed by atoms with Crippen molar-refractivity contribution < 1.29 is 28.9 Å². The molecule has 22 heavy (non-hydrogen) atoms. The van der Waals surface area contributed by atoms with Crippen molar-refractivity contribution in [3.05, 3.63) is 35.7 Å². The number of nitrogens with zero attached hydrogens (tertiary/aromatic N) is 2. The lowest BCUT2D eigenvalue weighted by Crippen LogP contribution is -2.09. The van der Waals surface area contributed by atoms with E-state index in [4.69, 9.17) is 4.74 Å². The Kier molecular flexibility index (Phi) is 6.55. The Morgan fingerprint density at radius 1 is 1.18 bits per heavy atom. The van der Waals surface area contributed by atoms with Crippen LogP contribution in [-0.2, 0) is 19.1 Å². The molecular weight excluding hydrogens is 292 g/mol. The molecule has 0 aliphatic rings. The SMILES string of the molecule is COC(=O)C/C(O)=C(\N=Nc1cccc(OC)c1)C(=O)OC. The minimum atomic E-state index is -0.923. The zero-order valence-corrected chi connectivity index (χ0v) is 12.4. The fourth-order valence-corrected chi connectivity index (χ4v) is 1.39. The minimum Gasteiger partial charge on any atom is -0.509 e. The second kappa shape index (κ2) is 8.40. The van der Waals surface area contributed by atoms with Crippen LogP contribution in [0.25, 0.3) is 0 Å². The van der Waals surface area contributed by atoms with Gasteiger partial charge >= 0.3 is 11.9 Å². The molecule has 0 saturated carbocycles. The van der Waals surface area contributed by atoms with Crippen LogP contribution < -0.4 is 4.74 Å². The average molecular weight is 308 g/mol. The van der Waals surface area contributed by atoms with E-state index in [-0.39, 0.29) is 0 Å². The first-order chi connectivity index (χ1) is 10.5.